The Morgan fingerprint density at radius 2 is 2.00 bits per heavy atom. The first kappa shape index (κ1) is 13.1. The molecule has 0 aromatic heterocycles. The zero-order chi connectivity index (χ0) is 13.9. The minimum absolute atomic E-state index is 0.155. The molecule has 1 heterocycles. The number of hydrogen-bond acceptors (Lipinski definition) is 2. The fourth-order valence-corrected chi connectivity index (χ4v) is 2.86. The van der Waals surface area contributed by atoms with Crippen LogP contribution in [-0.2, 0) is 13.1 Å². The van der Waals surface area contributed by atoms with Gasteiger partial charge in [0, 0.05) is 12.1 Å². The van der Waals surface area contributed by atoms with Crippen molar-refractivity contribution in [1.29, 1.82) is 0 Å². The van der Waals surface area contributed by atoms with Crippen LogP contribution >= 0.6 is 0 Å². The Morgan fingerprint density at radius 1 is 1.20 bits per heavy atom. The Bertz CT molecular complexity index is 594. The zero-order valence-electron chi connectivity index (χ0n) is 11.5. The lowest BCUT2D eigenvalue weighted by molar-refractivity contribution is 0.403. The number of ether oxygens (including phenoxy) is 1. The maximum absolute atomic E-state index is 12.6. The standard InChI is InChI=1S/C17H18FNO/c1-20-16-4-2-3-15-14(16)9-10-19-17(15)13-7-5-12(11-18)6-8-13/h2-8,17,19H,9-11H2,1H3. The summed E-state index contributed by atoms with van der Waals surface area (Å²) in [6, 6.07) is 14.0. The lowest BCUT2D eigenvalue weighted by Gasteiger charge is -2.28. The fraction of sp³-hybridized carbons (Fsp3) is 0.294. The number of fused-ring (bicyclic) bond motifs is 1. The average molecular weight is 271 g/mol. The first-order valence-electron chi connectivity index (χ1n) is 6.87. The van der Waals surface area contributed by atoms with E-state index in [1.54, 1.807) is 7.11 Å². The van der Waals surface area contributed by atoms with Gasteiger partial charge in [0.1, 0.15) is 12.4 Å². The van der Waals surface area contributed by atoms with Crippen LogP contribution in [0.25, 0.3) is 0 Å². The van der Waals surface area contributed by atoms with Crippen molar-refractivity contribution in [3.8, 4) is 5.75 Å². The van der Waals surface area contributed by atoms with Crippen molar-refractivity contribution in [2.24, 2.45) is 0 Å². The number of methoxy groups -OCH3 is 1. The number of benzene rings is 2. The van der Waals surface area contributed by atoms with Gasteiger partial charge in [0.15, 0.2) is 0 Å². The minimum Gasteiger partial charge on any atom is -0.496 e. The second-order valence-corrected chi connectivity index (χ2v) is 5.04. The topological polar surface area (TPSA) is 21.3 Å². The summed E-state index contributed by atoms with van der Waals surface area (Å²) in [6.07, 6.45) is 0.971. The van der Waals surface area contributed by atoms with Gasteiger partial charge in [-0.25, -0.2) is 4.39 Å². The summed E-state index contributed by atoms with van der Waals surface area (Å²) >= 11 is 0. The lowest BCUT2D eigenvalue weighted by Crippen LogP contribution is -2.30. The summed E-state index contributed by atoms with van der Waals surface area (Å²) in [5, 5.41) is 3.53. The SMILES string of the molecule is COc1cccc2c1CCNC2c1ccc(CF)cc1. The van der Waals surface area contributed by atoms with Crippen molar-refractivity contribution in [1.82, 2.24) is 5.32 Å². The lowest BCUT2D eigenvalue weighted by atomic mass is 9.89. The molecule has 2 aromatic rings. The Hall–Kier alpha value is -1.87. The molecule has 1 unspecified atom stereocenters. The summed E-state index contributed by atoms with van der Waals surface area (Å²) in [7, 11) is 1.71. The number of alkyl halides is 1. The third-order valence-electron chi connectivity index (χ3n) is 3.89. The first-order valence-corrected chi connectivity index (χ1v) is 6.87. The number of nitrogens with one attached hydrogen (secondary N) is 1. The molecular weight excluding hydrogens is 253 g/mol. The average Bonchev–Trinajstić information content (AvgIpc) is 2.54. The molecule has 20 heavy (non-hydrogen) atoms. The van der Waals surface area contributed by atoms with Crippen LogP contribution in [0.2, 0.25) is 0 Å². The van der Waals surface area contributed by atoms with E-state index >= 15 is 0 Å². The molecule has 3 heteroatoms. The summed E-state index contributed by atoms with van der Waals surface area (Å²) < 4.78 is 18.1. The normalized spacial score (nSPS) is 17.6. The third kappa shape index (κ3) is 2.29. The van der Waals surface area contributed by atoms with Gasteiger partial charge in [0.05, 0.1) is 13.2 Å². The number of rotatable bonds is 3. The second-order valence-electron chi connectivity index (χ2n) is 5.04. The van der Waals surface area contributed by atoms with Crippen molar-refractivity contribution in [2.75, 3.05) is 13.7 Å². The molecule has 2 nitrogen and oxygen atoms in total. The van der Waals surface area contributed by atoms with Crippen LogP contribution < -0.4 is 10.1 Å². The van der Waals surface area contributed by atoms with Crippen molar-refractivity contribution in [3.05, 3.63) is 64.7 Å². The van der Waals surface area contributed by atoms with Crippen LogP contribution in [0.5, 0.6) is 5.75 Å². The van der Waals surface area contributed by atoms with E-state index in [0.717, 1.165) is 29.8 Å². The largest absolute Gasteiger partial charge is 0.496 e. The van der Waals surface area contributed by atoms with Crippen LogP contribution in [0.1, 0.15) is 28.3 Å². The van der Waals surface area contributed by atoms with Crippen LogP contribution in [-0.4, -0.2) is 13.7 Å². The van der Waals surface area contributed by atoms with E-state index in [1.165, 1.54) is 11.1 Å². The Kier molecular flexibility index (Phi) is 3.70. The highest BCUT2D eigenvalue weighted by Crippen LogP contribution is 2.33. The van der Waals surface area contributed by atoms with E-state index in [2.05, 4.69) is 11.4 Å². The van der Waals surface area contributed by atoms with Gasteiger partial charge in [-0.2, -0.15) is 0 Å². The zero-order valence-corrected chi connectivity index (χ0v) is 11.5. The van der Waals surface area contributed by atoms with Crippen LogP contribution in [0.15, 0.2) is 42.5 Å². The van der Waals surface area contributed by atoms with Crippen molar-refractivity contribution in [2.45, 2.75) is 19.1 Å². The summed E-state index contributed by atoms with van der Waals surface area (Å²) in [4.78, 5) is 0. The van der Waals surface area contributed by atoms with E-state index in [-0.39, 0.29) is 6.04 Å². The molecule has 0 amide bonds. The molecule has 0 saturated carbocycles. The Labute approximate surface area is 118 Å². The molecule has 1 aliphatic rings. The highest BCUT2D eigenvalue weighted by atomic mass is 19.1. The van der Waals surface area contributed by atoms with E-state index in [4.69, 9.17) is 4.74 Å². The molecular formula is C17H18FNO. The molecule has 2 aromatic carbocycles. The molecule has 0 aliphatic carbocycles. The molecule has 1 atom stereocenters. The van der Waals surface area contributed by atoms with Gasteiger partial charge in [-0.15, -0.1) is 0 Å². The van der Waals surface area contributed by atoms with E-state index < -0.39 is 6.67 Å². The minimum atomic E-state index is -0.414. The van der Waals surface area contributed by atoms with E-state index in [0.29, 0.717) is 0 Å². The van der Waals surface area contributed by atoms with Gasteiger partial charge in [0.25, 0.3) is 0 Å². The van der Waals surface area contributed by atoms with Gasteiger partial charge in [-0.05, 0) is 29.2 Å². The highest BCUT2D eigenvalue weighted by Gasteiger charge is 2.23. The second kappa shape index (κ2) is 5.63. The Balaban J connectivity index is 2.00. The number of hydrogen-bond donors (Lipinski definition) is 1. The van der Waals surface area contributed by atoms with Crippen molar-refractivity contribution < 1.29 is 9.13 Å². The van der Waals surface area contributed by atoms with Crippen LogP contribution in [0.3, 0.4) is 0 Å². The van der Waals surface area contributed by atoms with E-state index in [9.17, 15) is 4.39 Å². The molecule has 0 spiro atoms. The molecule has 3 rings (SSSR count). The van der Waals surface area contributed by atoms with E-state index in [1.807, 2.05) is 36.4 Å². The molecule has 0 radical (unpaired) electrons. The predicted molar refractivity (Wildman–Crippen MR) is 77.8 cm³/mol. The highest BCUT2D eigenvalue weighted by molar-refractivity contribution is 5.47. The van der Waals surface area contributed by atoms with Gasteiger partial charge < -0.3 is 10.1 Å². The van der Waals surface area contributed by atoms with Crippen molar-refractivity contribution >= 4 is 0 Å². The molecule has 104 valence electrons. The number of halogens is 1. The molecule has 0 bridgehead atoms. The smallest absolute Gasteiger partial charge is 0.122 e. The molecule has 0 saturated heterocycles. The third-order valence-corrected chi connectivity index (χ3v) is 3.89. The summed E-state index contributed by atoms with van der Waals surface area (Å²) in [5.74, 6) is 0.953. The fourth-order valence-electron chi connectivity index (χ4n) is 2.86. The quantitative estimate of drug-likeness (QED) is 0.923. The maximum atomic E-state index is 12.6. The van der Waals surface area contributed by atoms with Gasteiger partial charge in [-0.3, -0.25) is 0 Å². The summed E-state index contributed by atoms with van der Waals surface area (Å²) in [6.45, 7) is 0.506. The molecule has 1 N–H and O–H groups in total. The van der Waals surface area contributed by atoms with Gasteiger partial charge in [-0.1, -0.05) is 36.4 Å². The molecule has 1 aliphatic heterocycles. The predicted octanol–water partition coefficient (Wildman–Crippen LogP) is 3.40. The van der Waals surface area contributed by atoms with Gasteiger partial charge in [0.2, 0.25) is 0 Å². The van der Waals surface area contributed by atoms with Crippen molar-refractivity contribution in [3.63, 3.8) is 0 Å². The Morgan fingerprint density at radius 3 is 2.70 bits per heavy atom. The summed E-state index contributed by atoms with van der Waals surface area (Å²) in [5.41, 5.74) is 4.41. The van der Waals surface area contributed by atoms with Crippen LogP contribution in [0.4, 0.5) is 4.39 Å². The first-order chi connectivity index (χ1) is 9.83. The maximum Gasteiger partial charge on any atom is 0.122 e. The molecule has 0 fully saturated rings. The van der Waals surface area contributed by atoms with Crippen LogP contribution in [0, 0.1) is 0 Å². The monoisotopic (exact) mass is 271 g/mol. The van der Waals surface area contributed by atoms with Gasteiger partial charge >= 0.3 is 0 Å².